The molecule has 0 aliphatic rings. The Kier molecular flexibility index (Phi) is 6.85. The molecule has 0 unspecified atom stereocenters. The summed E-state index contributed by atoms with van der Waals surface area (Å²) in [5, 5.41) is 6.15. The fourth-order valence-corrected chi connectivity index (χ4v) is 3.06. The van der Waals surface area contributed by atoms with E-state index in [1.54, 1.807) is 18.2 Å². The molecule has 0 aromatic heterocycles. The standard InChI is InChI=1S/C17H16ClIN2O2/c18-13-6-7-14(15(19)10-13)17(23)20-9-8-16(22)21-11-12-4-2-1-3-5-12/h1-7,10H,8-9,11H2,(H,20,23)(H,21,22). The highest BCUT2D eigenvalue weighted by molar-refractivity contribution is 14.1. The SMILES string of the molecule is O=C(CCNC(=O)c1ccc(Cl)cc1I)NCc1ccccc1. The first-order chi connectivity index (χ1) is 11.1. The Bertz CT molecular complexity index is 692. The molecule has 0 fully saturated rings. The largest absolute Gasteiger partial charge is 0.352 e. The van der Waals surface area contributed by atoms with Crippen molar-refractivity contribution in [1.82, 2.24) is 10.6 Å². The first-order valence-electron chi connectivity index (χ1n) is 7.10. The van der Waals surface area contributed by atoms with Crippen LogP contribution in [0.1, 0.15) is 22.3 Å². The minimum absolute atomic E-state index is 0.0973. The molecule has 6 heteroatoms. The molecule has 0 bridgehead atoms. The summed E-state index contributed by atoms with van der Waals surface area (Å²) in [6, 6.07) is 14.8. The summed E-state index contributed by atoms with van der Waals surface area (Å²) in [5.74, 6) is -0.304. The van der Waals surface area contributed by atoms with E-state index < -0.39 is 0 Å². The van der Waals surface area contributed by atoms with Gasteiger partial charge < -0.3 is 10.6 Å². The average molecular weight is 443 g/mol. The average Bonchev–Trinajstić information content (AvgIpc) is 2.53. The zero-order chi connectivity index (χ0) is 16.7. The highest BCUT2D eigenvalue weighted by atomic mass is 127. The van der Waals surface area contributed by atoms with E-state index in [1.807, 2.05) is 30.3 Å². The lowest BCUT2D eigenvalue weighted by molar-refractivity contribution is -0.121. The van der Waals surface area contributed by atoms with Crippen LogP contribution in [0, 0.1) is 3.57 Å². The van der Waals surface area contributed by atoms with Gasteiger partial charge in [-0.05, 0) is 46.4 Å². The number of amides is 2. The summed E-state index contributed by atoms with van der Waals surface area (Å²) < 4.78 is 0.779. The molecule has 0 radical (unpaired) electrons. The molecule has 120 valence electrons. The van der Waals surface area contributed by atoms with Crippen LogP contribution < -0.4 is 10.6 Å². The molecule has 0 heterocycles. The van der Waals surface area contributed by atoms with E-state index in [4.69, 9.17) is 11.6 Å². The third kappa shape index (κ3) is 5.84. The Morgan fingerprint density at radius 3 is 2.48 bits per heavy atom. The molecule has 2 aromatic carbocycles. The number of halogens is 2. The first-order valence-corrected chi connectivity index (χ1v) is 8.56. The van der Waals surface area contributed by atoms with E-state index in [-0.39, 0.29) is 24.8 Å². The van der Waals surface area contributed by atoms with E-state index in [9.17, 15) is 9.59 Å². The van der Waals surface area contributed by atoms with Gasteiger partial charge in [-0.2, -0.15) is 0 Å². The number of nitrogens with one attached hydrogen (secondary N) is 2. The van der Waals surface area contributed by atoms with Gasteiger partial charge in [0.25, 0.3) is 5.91 Å². The molecule has 0 aliphatic heterocycles. The van der Waals surface area contributed by atoms with Gasteiger partial charge in [0.1, 0.15) is 0 Å². The minimum Gasteiger partial charge on any atom is -0.352 e. The molecule has 4 nitrogen and oxygen atoms in total. The second kappa shape index (κ2) is 8.88. The van der Waals surface area contributed by atoms with Crippen LogP contribution in [0.4, 0.5) is 0 Å². The summed E-state index contributed by atoms with van der Waals surface area (Å²) >= 11 is 7.93. The number of carbonyl (C=O) groups is 2. The van der Waals surface area contributed by atoms with Gasteiger partial charge >= 0.3 is 0 Å². The van der Waals surface area contributed by atoms with Crippen LogP contribution in [0.25, 0.3) is 0 Å². The topological polar surface area (TPSA) is 58.2 Å². The molecular weight excluding hydrogens is 427 g/mol. The van der Waals surface area contributed by atoms with E-state index in [1.165, 1.54) is 0 Å². The second-order valence-corrected chi connectivity index (χ2v) is 6.49. The number of carbonyl (C=O) groups excluding carboxylic acids is 2. The molecule has 23 heavy (non-hydrogen) atoms. The fourth-order valence-electron chi connectivity index (χ4n) is 1.94. The van der Waals surface area contributed by atoms with Crippen molar-refractivity contribution in [1.29, 1.82) is 0 Å². The smallest absolute Gasteiger partial charge is 0.252 e. The molecule has 0 atom stereocenters. The Morgan fingerprint density at radius 1 is 1.04 bits per heavy atom. The normalized spacial score (nSPS) is 10.2. The summed E-state index contributed by atoms with van der Waals surface area (Å²) in [6.07, 6.45) is 0.239. The second-order valence-electron chi connectivity index (χ2n) is 4.89. The molecule has 0 aliphatic carbocycles. The number of hydrogen-bond donors (Lipinski definition) is 2. The van der Waals surface area contributed by atoms with Gasteiger partial charge in [0.15, 0.2) is 0 Å². The minimum atomic E-state index is -0.207. The van der Waals surface area contributed by atoms with Crippen molar-refractivity contribution in [3.63, 3.8) is 0 Å². The van der Waals surface area contributed by atoms with Crippen molar-refractivity contribution in [2.24, 2.45) is 0 Å². The lowest BCUT2D eigenvalue weighted by Crippen LogP contribution is -2.30. The summed E-state index contributed by atoms with van der Waals surface area (Å²) in [5.41, 5.74) is 1.60. The van der Waals surface area contributed by atoms with Crippen molar-refractivity contribution in [2.45, 2.75) is 13.0 Å². The fraction of sp³-hybridized carbons (Fsp3) is 0.176. The van der Waals surface area contributed by atoms with Crippen LogP contribution in [0.3, 0.4) is 0 Å². The third-order valence-corrected chi connectivity index (χ3v) is 4.27. The van der Waals surface area contributed by atoms with E-state index in [0.717, 1.165) is 9.13 Å². The molecule has 0 saturated carbocycles. The Balaban J connectivity index is 1.73. The maximum Gasteiger partial charge on any atom is 0.252 e. The Labute approximate surface area is 153 Å². The van der Waals surface area contributed by atoms with Crippen molar-refractivity contribution in [2.75, 3.05) is 6.54 Å². The number of rotatable bonds is 6. The molecule has 0 spiro atoms. The third-order valence-electron chi connectivity index (χ3n) is 3.15. The lowest BCUT2D eigenvalue weighted by atomic mass is 10.2. The van der Waals surface area contributed by atoms with Crippen LogP contribution in [-0.2, 0) is 11.3 Å². The van der Waals surface area contributed by atoms with E-state index in [2.05, 4.69) is 33.2 Å². The number of hydrogen-bond acceptors (Lipinski definition) is 2. The molecule has 2 N–H and O–H groups in total. The van der Waals surface area contributed by atoms with Crippen LogP contribution >= 0.6 is 34.2 Å². The van der Waals surface area contributed by atoms with Crippen molar-refractivity contribution in [3.8, 4) is 0 Å². The lowest BCUT2D eigenvalue weighted by Gasteiger charge is -2.08. The van der Waals surface area contributed by atoms with Gasteiger partial charge in [0.05, 0.1) is 5.56 Å². The van der Waals surface area contributed by atoms with E-state index >= 15 is 0 Å². The summed E-state index contributed by atoms with van der Waals surface area (Å²) in [6.45, 7) is 0.779. The zero-order valence-electron chi connectivity index (χ0n) is 12.3. The van der Waals surface area contributed by atoms with Crippen LogP contribution in [-0.4, -0.2) is 18.4 Å². The first kappa shape index (κ1) is 17.7. The summed E-state index contributed by atoms with van der Waals surface area (Å²) in [4.78, 5) is 23.8. The predicted molar refractivity (Wildman–Crippen MR) is 99.4 cm³/mol. The maximum absolute atomic E-state index is 12.0. The van der Waals surface area contributed by atoms with Gasteiger partial charge in [-0.25, -0.2) is 0 Å². The highest BCUT2D eigenvalue weighted by Gasteiger charge is 2.10. The monoisotopic (exact) mass is 442 g/mol. The molecular formula is C17H16ClIN2O2. The Morgan fingerprint density at radius 2 is 1.78 bits per heavy atom. The van der Waals surface area contributed by atoms with Crippen molar-refractivity contribution >= 4 is 46.0 Å². The molecule has 0 saturated heterocycles. The summed E-state index contributed by atoms with van der Waals surface area (Å²) in [7, 11) is 0. The molecule has 2 rings (SSSR count). The van der Waals surface area contributed by atoms with Gasteiger partial charge in [-0.15, -0.1) is 0 Å². The zero-order valence-corrected chi connectivity index (χ0v) is 15.2. The molecule has 2 aromatic rings. The van der Waals surface area contributed by atoms with Crippen molar-refractivity contribution in [3.05, 3.63) is 68.3 Å². The van der Waals surface area contributed by atoms with Crippen molar-refractivity contribution < 1.29 is 9.59 Å². The number of benzene rings is 2. The van der Waals surface area contributed by atoms with Gasteiger partial charge in [-0.1, -0.05) is 41.9 Å². The van der Waals surface area contributed by atoms with E-state index in [0.29, 0.717) is 17.1 Å². The van der Waals surface area contributed by atoms with Gasteiger partial charge in [-0.3, -0.25) is 9.59 Å². The highest BCUT2D eigenvalue weighted by Crippen LogP contribution is 2.17. The Hall–Kier alpha value is -1.60. The van der Waals surface area contributed by atoms with Gasteiger partial charge in [0, 0.05) is 28.1 Å². The van der Waals surface area contributed by atoms with Crippen LogP contribution in [0.5, 0.6) is 0 Å². The predicted octanol–water partition coefficient (Wildman–Crippen LogP) is 3.38. The quantitative estimate of drug-likeness (QED) is 0.674. The molecule has 2 amide bonds. The van der Waals surface area contributed by atoms with Crippen LogP contribution in [0.15, 0.2) is 48.5 Å². The van der Waals surface area contributed by atoms with Crippen LogP contribution in [0.2, 0.25) is 5.02 Å². The van der Waals surface area contributed by atoms with Gasteiger partial charge in [0.2, 0.25) is 5.91 Å². The maximum atomic E-state index is 12.0.